The molecular weight excluding hydrogens is 254 g/mol. The molecule has 112 valence electrons. The lowest BCUT2D eigenvalue weighted by molar-refractivity contribution is -0.0159. The van der Waals surface area contributed by atoms with Crippen LogP contribution in [0.3, 0.4) is 0 Å². The first-order valence-electron chi connectivity index (χ1n) is 7.33. The van der Waals surface area contributed by atoms with E-state index in [1.165, 1.54) is 5.56 Å². The Morgan fingerprint density at radius 3 is 2.70 bits per heavy atom. The fraction of sp³-hybridized carbons (Fsp3) is 0.625. The molecule has 0 spiro atoms. The maximum Gasteiger partial charge on any atom is 0.119 e. The summed E-state index contributed by atoms with van der Waals surface area (Å²) in [7, 11) is 1.76. The lowest BCUT2D eigenvalue weighted by atomic mass is 10.0. The third-order valence-corrected chi connectivity index (χ3v) is 3.67. The maximum atomic E-state index is 5.59. The predicted octanol–water partition coefficient (Wildman–Crippen LogP) is 2.37. The molecule has 1 aliphatic heterocycles. The summed E-state index contributed by atoms with van der Waals surface area (Å²) >= 11 is 0. The van der Waals surface area contributed by atoms with Gasteiger partial charge in [-0.05, 0) is 24.1 Å². The number of ether oxygens (including phenoxy) is 3. The molecule has 1 atom stereocenters. The van der Waals surface area contributed by atoms with Crippen molar-refractivity contribution in [3.63, 3.8) is 0 Å². The van der Waals surface area contributed by atoms with Gasteiger partial charge < -0.3 is 19.5 Å². The number of hydrogen-bond acceptors (Lipinski definition) is 4. The Hall–Kier alpha value is -1.10. The largest absolute Gasteiger partial charge is 0.494 e. The molecule has 4 nitrogen and oxygen atoms in total. The Balaban J connectivity index is 1.76. The van der Waals surface area contributed by atoms with Crippen LogP contribution in [-0.4, -0.2) is 39.1 Å². The molecule has 0 radical (unpaired) electrons. The van der Waals surface area contributed by atoms with E-state index in [9.17, 15) is 0 Å². The van der Waals surface area contributed by atoms with E-state index in [4.69, 9.17) is 14.2 Å². The predicted molar refractivity (Wildman–Crippen MR) is 79.1 cm³/mol. The van der Waals surface area contributed by atoms with Gasteiger partial charge in [0.2, 0.25) is 0 Å². The Bertz CT molecular complexity index is 385. The minimum absolute atomic E-state index is 0.149. The molecule has 2 rings (SSSR count). The van der Waals surface area contributed by atoms with Crippen LogP contribution in [0.2, 0.25) is 0 Å². The minimum Gasteiger partial charge on any atom is -0.494 e. The van der Waals surface area contributed by atoms with E-state index < -0.39 is 0 Å². The molecule has 1 fully saturated rings. The minimum atomic E-state index is -0.149. The van der Waals surface area contributed by atoms with Crippen LogP contribution in [0.25, 0.3) is 0 Å². The molecule has 0 aliphatic carbocycles. The average molecular weight is 279 g/mol. The SMILES string of the molecule is CCCOc1ccc(CNCC2(OC)CCOC2)cc1. The van der Waals surface area contributed by atoms with E-state index in [0.29, 0.717) is 6.61 Å². The molecule has 0 aromatic heterocycles. The standard InChI is InChI=1S/C16H25NO3/c1-3-9-20-15-6-4-14(5-7-15)11-17-12-16(18-2)8-10-19-13-16/h4-7,17H,3,8-13H2,1-2H3. The summed E-state index contributed by atoms with van der Waals surface area (Å²) in [5, 5.41) is 3.45. The quantitative estimate of drug-likeness (QED) is 0.793. The molecular formula is C16H25NO3. The second-order valence-corrected chi connectivity index (χ2v) is 5.29. The van der Waals surface area contributed by atoms with Gasteiger partial charge in [0, 0.05) is 33.2 Å². The van der Waals surface area contributed by atoms with Gasteiger partial charge in [0.15, 0.2) is 0 Å². The summed E-state index contributed by atoms with van der Waals surface area (Å²) in [5.41, 5.74) is 1.10. The van der Waals surface area contributed by atoms with Crippen LogP contribution in [-0.2, 0) is 16.0 Å². The highest BCUT2D eigenvalue weighted by atomic mass is 16.5. The fourth-order valence-corrected chi connectivity index (χ4v) is 2.32. The Labute approximate surface area is 121 Å². The van der Waals surface area contributed by atoms with Gasteiger partial charge in [-0.3, -0.25) is 0 Å². The van der Waals surface area contributed by atoms with Crippen LogP contribution in [0.5, 0.6) is 5.75 Å². The summed E-state index contributed by atoms with van der Waals surface area (Å²) in [5.74, 6) is 0.938. The first-order chi connectivity index (χ1) is 9.78. The summed E-state index contributed by atoms with van der Waals surface area (Å²) in [6, 6.07) is 8.25. The van der Waals surface area contributed by atoms with Crippen molar-refractivity contribution >= 4 is 0 Å². The molecule has 0 bridgehead atoms. The molecule has 4 heteroatoms. The molecule has 1 heterocycles. The van der Waals surface area contributed by atoms with Crippen LogP contribution < -0.4 is 10.1 Å². The van der Waals surface area contributed by atoms with Gasteiger partial charge in [-0.1, -0.05) is 19.1 Å². The van der Waals surface area contributed by atoms with Gasteiger partial charge in [0.25, 0.3) is 0 Å². The number of hydrogen-bond donors (Lipinski definition) is 1. The van der Waals surface area contributed by atoms with Crippen molar-refractivity contribution in [1.29, 1.82) is 0 Å². The molecule has 0 saturated carbocycles. The van der Waals surface area contributed by atoms with Crippen molar-refractivity contribution in [3.05, 3.63) is 29.8 Å². The number of rotatable bonds is 8. The van der Waals surface area contributed by atoms with Crippen molar-refractivity contribution in [2.45, 2.75) is 31.9 Å². The van der Waals surface area contributed by atoms with Gasteiger partial charge in [-0.2, -0.15) is 0 Å². The highest BCUT2D eigenvalue weighted by molar-refractivity contribution is 5.27. The van der Waals surface area contributed by atoms with E-state index in [1.807, 2.05) is 12.1 Å². The van der Waals surface area contributed by atoms with Crippen LogP contribution in [0.4, 0.5) is 0 Å². The zero-order valence-electron chi connectivity index (χ0n) is 12.5. The van der Waals surface area contributed by atoms with Crippen molar-refractivity contribution in [3.8, 4) is 5.75 Å². The Morgan fingerprint density at radius 2 is 2.10 bits per heavy atom. The molecule has 1 saturated heterocycles. The molecule has 1 N–H and O–H groups in total. The monoisotopic (exact) mass is 279 g/mol. The number of benzene rings is 1. The van der Waals surface area contributed by atoms with Crippen LogP contribution in [0.15, 0.2) is 24.3 Å². The maximum absolute atomic E-state index is 5.59. The van der Waals surface area contributed by atoms with Crippen LogP contribution in [0, 0.1) is 0 Å². The van der Waals surface area contributed by atoms with Crippen molar-refractivity contribution in [1.82, 2.24) is 5.32 Å². The van der Waals surface area contributed by atoms with Crippen LogP contribution in [0.1, 0.15) is 25.3 Å². The Kier molecular flexibility index (Phi) is 5.83. The molecule has 20 heavy (non-hydrogen) atoms. The van der Waals surface area contributed by atoms with Gasteiger partial charge in [-0.15, -0.1) is 0 Å². The van der Waals surface area contributed by atoms with E-state index >= 15 is 0 Å². The van der Waals surface area contributed by atoms with Gasteiger partial charge in [0.05, 0.1) is 13.2 Å². The molecule has 1 aromatic carbocycles. The molecule has 0 amide bonds. The van der Waals surface area contributed by atoms with Gasteiger partial charge in [-0.25, -0.2) is 0 Å². The summed E-state index contributed by atoms with van der Waals surface area (Å²) in [6.45, 7) is 6.00. The normalized spacial score (nSPS) is 22.1. The van der Waals surface area contributed by atoms with E-state index in [2.05, 4.69) is 24.4 Å². The van der Waals surface area contributed by atoms with E-state index in [0.717, 1.165) is 44.9 Å². The summed E-state index contributed by atoms with van der Waals surface area (Å²) in [4.78, 5) is 0. The summed E-state index contributed by atoms with van der Waals surface area (Å²) < 4.78 is 16.6. The summed E-state index contributed by atoms with van der Waals surface area (Å²) in [6.07, 6.45) is 1.99. The third-order valence-electron chi connectivity index (χ3n) is 3.67. The lowest BCUT2D eigenvalue weighted by Gasteiger charge is -2.26. The molecule has 1 aromatic rings. The molecule has 1 unspecified atom stereocenters. The average Bonchev–Trinajstić information content (AvgIpc) is 2.96. The zero-order valence-corrected chi connectivity index (χ0v) is 12.5. The topological polar surface area (TPSA) is 39.7 Å². The third kappa shape index (κ3) is 4.20. The first-order valence-corrected chi connectivity index (χ1v) is 7.33. The van der Waals surface area contributed by atoms with Crippen LogP contribution >= 0.6 is 0 Å². The Morgan fingerprint density at radius 1 is 1.30 bits per heavy atom. The highest BCUT2D eigenvalue weighted by Gasteiger charge is 2.34. The second kappa shape index (κ2) is 7.62. The lowest BCUT2D eigenvalue weighted by Crippen LogP contribution is -2.42. The zero-order chi connectivity index (χ0) is 14.3. The van der Waals surface area contributed by atoms with Gasteiger partial charge in [0.1, 0.15) is 11.4 Å². The van der Waals surface area contributed by atoms with Crippen molar-refractivity contribution < 1.29 is 14.2 Å². The van der Waals surface area contributed by atoms with E-state index in [1.54, 1.807) is 7.11 Å². The highest BCUT2D eigenvalue weighted by Crippen LogP contribution is 2.21. The molecule has 1 aliphatic rings. The smallest absolute Gasteiger partial charge is 0.119 e. The van der Waals surface area contributed by atoms with Crippen molar-refractivity contribution in [2.75, 3.05) is 33.5 Å². The first kappa shape index (κ1) is 15.3. The number of methoxy groups -OCH3 is 1. The van der Waals surface area contributed by atoms with Crippen molar-refractivity contribution in [2.24, 2.45) is 0 Å². The van der Waals surface area contributed by atoms with E-state index in [-0.39, 0.29) is 5.60 Å². The number of nitrogens with one attached hydrogen (secondary N) is 1. The fourth-order valence-electron chi connectivity index (χ4n) is 2.32. The second-order valence-electron chi connectivity index (χ2n) is 5.29. The van der Waals surface area contributed by atoms with Gasteiger partial charge >= 0.3 is 0 Å².